The summed E-state index contributed by atoms with van der Waals surface area (Å²) in [5.74, 6) is 0.0194. The Morgan fingerprint density at radius 1 is 1.39 bits per heavy atom. The predicted molar refractivity (Wildman–Crippen MR) is 69.4 cm³/mol. The lowest BCUT2D eigenvalue weighted by Crippen LogP contribution is -2.15. The van der Waals surface area contributed by atoms with Crippen molar-refractivity contribution in [2.45, 2.75) is 13.3 Å². The summed E-state index contributed by atoms with van der Waals surface area (Å²) in [4.78, 5) is 18.9. The van der Waals surface area contributed by atoms with Crippen LogP contribution in [0.25, 0.3) is 10.9 Å². The third-order valence-corrected chi connectivity index (χ3v) is 2.68. The van der Waals surface area contributed by atoms with Crippen LogP contribution in [0, 0.1) is 5.92 Å². The van der Waals surface area contributed by atoms with E-state index in [1.165, 1.54) is 6.33 Å². The lowest BCUT2D eigenvalue weighted by atomic mass is 10.1. The molecule has 0 radical (unpaired) electrons. The minimum Gasteiger partial charge on any atom is -0.481 e. The van der Waals surface area contributed by atoms with Crippen LogP contribution in [0.2, 0.25) is 0 Å². The number of carboxylic acid groups (broad SMARTS) is 1. The molecule has 0 bridgehead atoms. The van der Waals surface area contributed by atoms with E-state index in [0.29, 0.717) is 6.54 Å². The quantitative estimate of drug-likeness (QED) is 0.844. The number of nitrogens with one attached hydrogen (secondary N) is 1. The molecule has 0 aliphatic carbocycles. The van der Waals surface area contributed by atoms with Crippen molar-refractivity contribution in [3.63, 3.8) is 0 Å². The molecule has 2 aromatic rings. The second-order valence-corrected chi connectivity index (χ2v) is 4.32. The number of rotatable bonds is 5. The van der Waals surface area contributed by atoms with Gasteiger partial charge in [-0.3, -0.25) is 4.79 Å². The van der Waals surface area contributed by atoms with Crippen LogP contribution in [0.3, 0.4) is 0 Å². The Labute approximate surface area is 105 Å². The molecule has 0 aliphatic rings. The van der Waals surface area contributed by atoms with Crippen molar-refractivity contribution in [3.05, 3.63) is 30.6 Å². The summed E-state index contributed by atoms with van der Waals surface area (Å²) in [7, 11) is 0. The third-order valence-electron chi connectivity index (χ3n) is 2.68. The van der Waals surface area contributed by atoms with Crippen LogP contribution in [0.15, 0.2) is 30.6 Å². The Morgan fingerprint density at radius 2 is 2.17 bits per heavy atom. The number of carbonyl (C=O) groups is 1. The van der Waals surface area contributed by atoms with E-state index in [9.17, 15) is 4.79 Å². The summed E-state index contributed by atoms with van der Waals surface area (Å²) < 4.78 is 0. The van der Waals surface area contributed by atoms with Gasteiger partial charge in [-0.1, -0.05) is 19.1 Å². The summed E-state index contributed by atoms with van der Waals surface area (Å²) >= 11 is 0. The molecule has 1 aromatic carbocycles. The van der Waals surface area contributed by atoms with E-state index in [1.807, 2.05) is 31.2 Å². The topological polar surface area (TPSA) is 75.1 Å². The summed E-state index contributed by atoms with van der Waals surface area (Å²) in [5, 5.41) is 12.8. The van der Waals surface area contributed by atoms with E-state index in [4.69, 9.17) is 5.11 Å². The van der Waals surface area contributed by atoms with E-state index in [-0.39, 0.29) is 12.3 Å². The SMILES string of the molecule is CC(CNc1ncnc2ccccc12)CC(=O)O. The number of fused-ring (bicyclic) bond motifs is 1. The number of para-hydroxylation sites is 1. The van der Waals surface area contributed by atoms with E-state index in [1.54, 1.807) is 0 Å². The first-order valence-corrected chi connectivity index (χ1v) is 5.82. The van der Waals surface area contributed by atoms with Crippen molar-refractivity contribution in [1.82, 2.24) is 9.97 Å². The van der Waals surface area contributed by atoms with Crippen molar-refractivity contribution in [2.75, 3.05) is 11.9 Å². The van der Waals surface area contributed by atoms with Crippen molar-refractivity contribution in [1.29, 1.82) is 0 Å². The number of aliphatic carboxylic acids is 1. The number of anilines is 1. The van der Waals surface area contributed by atoms with Crippen LogP contribution in [0.5, 0.6) is 0 Å². The Hall–Kier alpha value is -2.17. The second kappa shape index (κ2) is 5.44. The first-order valence-electron chi connectivity index (χ1n) is 5.82. The van der Waals surface area contributed by atoms with Crippen LogP contribution in [-0.2, 0) is 4.79 Å². The molecule has 1 atom stereocenters. The van der Waals surface area contributed by atoms with E-state index < -0.39 is 5.97 Å². The van der Waals surface area contributed by atoms with Crippen LogP contribution in [-0.4, -0.2) is 27.6 Å². The first kappa shape index (κ1) is 12.3. The fourth-order valence-corrected chi connectivity index (χ4v) is 1.79. The molecular formula is C13H15N3O2. The third kappa shape index (κ3) is 2.94. The number of aromatic nitrogens is 2. The Kier molecular flexibility index (Phi) is 3.72. The Morgan fingerprint density at radius 3 is 2.94 bits per heavy atom. The lowest BCUT2D eigenvalue weighted by molar-refractivity contribution is -0.137. The largest absolute Gasteiger partial charge is 0.481 e. The minimum absolute atomic E-state index is 0.0521. The van der Waals surface area contributed by atoms with Crippen LogP contribution in [0.1, 0.15) is 13.3 Å². The maximum Gasteiger partial charge on any atom is 0.303 e. The predicted octanol–water partition coefficient (Wildman–Crippen LogP) is 2.15. The zero-order chi connectivity index (χ0) is 13.0. The van der Waals surface area contributed by atoms with Gasteiger partial charge in [0, 0.05) is 18.4 Å². The summed E-state index contributed by atoms with van der Waals surface area (Å²) in [6, 6.07) is 7.71. The highest BCUT2D eigenvalue weighted by Gasteiger charge is 2.08. The van der Waals surface area contributed by atoms with Crippen LogP contribution in [0.4, 0.5) is 5.82 Å². The van der Waals surface area contributed by atoms with Gasteiger partial charge in [-0.15, -0.1) is 0 Å². The molecule has 0 saturated heterocycles. The molecule has 1 heterocycles. The summed E-state index contributed by atoms with van der Waals surface area (Å²) in [6.07, 6.45) is 1.66. The van der Waals surface area contributed by atoms with Crippen molar-refractivity contribution in [3.8, 4) is 0 Å². The smallest absolute Gasteiger partial charge is 0.303 e. The van der Waals surface area contributed by atoms with Gasteiger partial charge in [0.1, 0.15) is 12.1 Å². The number of benzene rings is 1. The molecule has 5 heteroatoms. The van der Waals surface area contributed by atoms with Gasteiger partial charge in [-0.05, 0) is 18.1 Å². The molecule has 0 fully saturated rings. The minimum atomic E-state index is -0.781. The average Bonchev–Trinajstić information content (AvgIpc) is 2.35. The van der Waals surface area contributed by atoms with Crippen LogP contribution < -0.4 is 5.32 Å². The number of nitrogens with zero attached hydrogens (tertiary/aromatic N) is 2. The molecule has 0 aliphatic heterocycles. The standard InChI is InChI=1S/C13H15N3O2/c1-9(6-12(17)18)7-14-13-10-4-2-3-5-11(10)15-8-16-13/h2-5,8-9H,6-7H2,1H3,(H,17,18)(H,14,15,16). The highest BCUT2D eigenvalue weighted by molar-refractivity contribution is 5.88. The number of hydrogen-bond donors (Lipinski definition) is 2. The molecular weight excluding hydrogens is 230 g/mol. The zero-order valence-electron chi connectivity index (χ0n) is 10.1. The monoisotopic (exact) mass is 245 g/mol. The fourth-order valence-electron chi connectivity index (χ4n) is 1.79. The Bertz CT molecular complexity index is 551. The average molecular weight is 245 g/mol. The van der Waals surface area contributed by atoms with Gasteiger partial charge in [0.05, 0.1) is 5.52 Å². The summed E-state index contributed by atoms with van der Waals surface area (Å²) in [5.41, 5.74) is 0.876. The van der Waals surface area contributed by atoms with Gasteiger partial charge in [-0.25, -0.2) is 9.97 Å². The van der Waals surface area contributed by atoms with Gasteiger partial charge in [0.25, 0.3) is 0 Å². The molecule has 0 amide bonds. The van der Waals surface area contributed by atoms with Gasteiger partial charge >= 0.3 is 5.97 Å². The van der Waals surface area contributed by atoms with Crippen molar-refractivity contribution < 1.29 is 9.90 Å². The maximum absolute atomic E-state index is 10.6. The molecule has 0 spiro atoms. The van der Waals surface area contributed by atoms with Gasteiger partial charge < -0.3 is 10.4 Å². The van der Waals surface area contributed by atoms with Gasteiger partial charge in [-0.2, -0.15) is 0 Å². The maximum atomic E-state index is 10.6. The molecule has 0 saturated carbocycles. The number of carboxylic acids is 1. The fraction of sp³-hybridized carbons (Fsp3) is 0.308. The molecule has 2 N–H and O–H groups in total. The Balaban J connectivity index is 2.10. The van der Waals surface area contributed by atoms with Gasteiger partial charge in [0.2, 0.25) is 0 Å². The normalized spacial score (nSPS) is 12.3. The molecule has 1 unspecified atom stereocenters. The van der Waals surface area contributed by atoms with Gasteiger partial charge in [0.15, 0.2) is 0 Å². The molecule has 18 heavy (non-hydrogen) atoms. The highest BCUT2D eigenvalue weighted by Crippen LogP contribution is 2.18. The molecule has 2 rings (SSSR count). The second-order valence-electron chi connectivity index (χ2n) is 4.32. The van der Waals surface area contributed by atoms with Crippen molar-refractivity contribution in [2.24, 2.45) is 5.92 Å². The molecule has 1 aromatic heterocycles. The number of hydrogen-bond acceptors (Lipinski definition) is 4. The zero-order valence-corrected chi connectivity index (χ0v) is 10.1. The molecule has 5 nitrogen and oxygen atoms in total. The van der Waals surface area contributed by atoms with Crippen molar-refractivity contribution >= 4 is 22.7 Å². The first-order chi connectivity index (χ1) is 8.66. The van der Waals surface area contributed by atoms with Crippen LogP contribution >= 0.6 is 0 Å². The van der Waals surface area contributed by atoms with E-state index in [0.717, 1.165) is 16.7 Å². The van der Waals surface area contributed by atoms with E-state index >= 15 is 0 Å². The lowest BCUT2D eigenvalue weighted by Gasteiger charge is -2.12. The summed E-state index contributed by atoms with van der Waals surface area (Å²) in [6.45, 7) is 2.47. The van der Waals surface area contributed by atoms with E-state index in [2.05, 4.69) is 15.3 Å². The highest BCUT2D eigenvalue weighted by atomic mass is 16.4. The molecule has 94 valence electrons.